The molecule has 0 aliphatic heterocycles. The van der Waals surface area contributed by atoms with Gasteiger partial charge in [-0.25, -0.2) is 0 Å². The first-order valence-corrected chi connectivity index (χ1v) is 6.10. The van der Waals surface area contributed by atoms with Gasteiger partial charge in [0.1, 0.15) is 5.75 Å². The standard InChI is InChI=1S/C13H17N3O2/c1-3-14-9-12-15-16-13(18-12)10-7-5-6-8-11(10)17-4-2/h5-8,14H,3-4,9H2,1-2H3. The van der Waals surface area contributed by atoms with E-state index in [2.05, 4.69) is 15.5 Å². The van der Waals surface area contributed by atoms with E-state index in [0.29, 0.717) is 24.9 Å². The van der Waals surface area contributed by atoms with E-state index in [4.69, 9.17) is 9.15 Å². The molecule has 0 radical (unpaired) electrons. The van der Waals surface area contributed by atoms with Gasteiger partial charge in [-0.3, -0.25) is 0 Å². The van der Waals surface area contributed by atoms with Gasteiger partial charge in [-0.15, -0.1) is 10.2 Å². The maximum absolute atomic E-state index is 5.59. The van der Waals surface area contributed by atoms with Crippen LogP contribution < -0.4 is 10.1 Å². The summed E-state index contributed by atoms with van der Waals surface area (Å²) in [6, 6.07) is 7.65. The second-order valence-corrected chi connectivity index (χ2v) is 3.71. The molecule has 0 saturated heterocycles. The third-order valence-corrected chi connectivity index (χ3v) is 2.41. The Morgan fingerprint density at radius 3 is 2.83 bits per heavy atom. The summed E-state index contributed by atoms with van der Waals surface area (Å²) in [4.78, 5) is 0. The van der Waals surface area contributed by atoms with Gasteiger partial charge in [0, 0.05) is 0 Å². The van der Waals surface area contributed by atoms with E-state index in [1.54, 1.807) is 0 Å². The molecule has 1 aromatic carbocycles. The first-order valence-electron chi connectivity index (χ1n) is 6.10. The normalized spacial score (nSPS) is 10.6. The number of nitrogens with one attached hydrogen (secondary N) is 1. The highest BCUT2D eigenvalue weighted by Gasteiger charge is 2.12. The summed E-state index contributed by atoms with van der Waals surface area (Å²) in [7, 11) is 0. The van der Waals surface area contributed by atoms with E-state index in [1.165, 1.54) is 0 Å². The van der Waals surface area contributed by atoms with Gasteiger partial charge in [-0.1, -0.05) is 19.1 Å². The van der Waals surface area contributed by atoms with Crippen LogP contribution in [-0.2, 0) is 6.54 Å². The van der Waals surface area contributed by atoms with Crippen LogP contribution in [0.2, 0.25) is 0 Å². The van der Waals surface area contributed by atoms with Crippen molar-refractivity contribution < 1.29 is 9.15 Å². The lowest BCUT2D eigenvalue weighted by atomic mass is 10.2. The lowest BCUT2D eigenvalue weighted by Crippen LogP contribution is -2.11. The maximum Gasteiger partial charge on any atom is 0.251 e. The summed E-state index contributed by atoms with van der Waals surface area (Å²) in [5.41, 5.74) is 0.828. The van der Waals surface area contributed by atoms with Gasteiger partial charge in [-0.05, 0) is 25.6 Å². The average Bonchev–Trinajstić information content (AvgIpc) is 2.86. The molecule has 2 aromatic rings. The number of hydrogen-bond acceptors (Lipinski definition) is 5. The maximum atomic E-state index is 5.59. The molecule has 96 valence electrons. The van der Waals surface area contributed by atoms with Crippen molar-refractivity contribution in [3.8, 4) is 17.2 Å². The molecule has 18 heavy (non-hydrogen) atoms. The lowest BCUT2D eigenvalue weighted by molar-refractivity contribution is 0.340. The summed E-state index contributed by atoms with van der Waals surface area (Å²) in [5, 5.41) is 11.2. The van der Waals surface area contributed by atoms with Crippen molar-refractivity contribution in [2.75, 3.05) is 13.2 Å². The van der Waals surface area contributed by atoms with Crippen molar-refractivity contribution in [3.05, 3.63) is 30.2 Å². The first-order chi connectivity index (χ1) is 8.85. The number of ether oxygens (including phenoxy) is 1. The van der Waals surface area contributed by atoms with Crippen LogP contribution in [0.3, 0.4) is 0 Å². The van der Waals surface area contributed by atoms with Crippen LogP contribution in [0.1, 0.15) is 19.7 Å². The Labute approximate surface area is 106 Å². The lowest BCUT2D eigenvalue weighted by Gasteiger charge is -2.06. The van der Waals surface area contributed by atoms with Crippen LogP contribution >= 0.6 is 0 Å². The molecule has 0 atom stereocenters. The van der Waals surface area contributed by atoms with Crippen LogP contribution in [0, 0.1) is 0 Å². The molecular weight excluding hydrogens is 230 g/mol. The minimum atomic E-state index is 0.493. The van der Waals surface area contributed by atoms with Crippen molar-refractivity contribution >= 4 is 0 Å². The quantitative estimate of drug-likeness (QED) is 0.848. The van der Waals surface area contributed by atoms with Crippen LogP contribution in [0.5, 0.6) is 5.75 Å². The fourth-order valence-electron chi connectivity index (χ4n) is 1.59. The fourth-order valence-corrected chi connectivity index (χ4v) is 1.59. The van der Waals surface area contributed by atoms with E-state index >= 15 is 0 Å². The Kier molecular flexibility index (Phi) is 4.30. The molecule has 0 bridgehead atoms. The molecule has 0 fully saturated rings. The van der Waals surface area contributed by atoms with Crippen molar-refractivity contribution in [2.45, 2.75) is 20.4 Å². The van der Waals surface area contributed by atoms with E-state index in [9.17, 15) is 0 Å². The monoisotopic (exact) mass is 247 g/mol. The van der Waals surface area contributed by atoms with E-state index in [1.807, 2.05) is 38.1 Å². The van der Waals surface area contributed by atoms with Gasteiger partial charge in [0.05, 0.1) is 18.7 Å². The number of para-hydroxylation sites is 1. The Morgan fingerprint density at radius 1 is 1.22 bits per heavy atom. The largest absolute Gasteiger partial charge is 0.493 e. The Morgan fingerprint density at radius 2 is 2.06 bits per heavy atom. The molecule has 0 aliphatic carbocycles. The van der Waals surface area contributed by atoms with Crippen LogP contribution in [0.4, 0.5) is 0 Å². The SMILES string of the molecule is CCNCc1nnc(-c2ccccc2OCC)o1. The molecule has 0 saturated carbocycles. The van der Waals surface area contributed by atoms with E-state index in [-0.39, 0.29) is 0 Å². The predicted octanol–water partition coefficient (Wildman–Crippen LogP) is 2.24. The van der Waals surface area contributed by atoms with Crippen LogP contribution in [-0.4, -0.2) is 23.3 Å². The van der Waals surface area contributed by atoms with Gasteiger partial charge in [0.15, 0.2) is 0 Å². The summed E-state index contributed by atoms with van der Waals surface area (Å²) in [6.45, 7) is 6.03. The highest BCUT2D eigenvalue weighted by molar-refractivity contribution is 5.62. The Balaban J connectivity index is 2.22. The van der Waals surface area contributed by atoms with Crippen molar-refractivity contribution in [1.82, 2.24) is 15.5 Å². The zero-order valence-corrected chi connectivity index (χ0v) is 10.6. The van der Waals surface area contributed by atoms with E-state index in [0.717, 1.165) is 17.9 Å². The molecule has 5 heteroatoms. The summed E-state index contributed by atoms with van der Waals surface area (Å²) in [5.74, 6) is 1.84. The fraction of sp³-hybridized carbons (Fsp3) is 0.385. The number of rotatable bonds is 6. The molecule has 0 spiro atoms. The van der Waals surface area contributed by atoms with Crippen molar-refractivity contribution in [2.24, 2.45) is 0 Å². The molecule has 1 aromatic heterocycles. The van der Waals surface area contributed by atoms with Crippen LogP contribution in [0.25, 0.3) is 11.5 Å². The predicted molar refractivity (Wildman–Crippen MR) is 68.3 cm³/mol. The minimum Gasteiger partial charge on any atom is -0.493 e. The highest BCUT2D eigenvalue weighted by atomic mass is 16.5. The molecule has 0 unspecified atom stereocenters. The topological polar surface area (TPSA) is 60.2 Å². The molecule has 5 nitrogen and oxygen atoms in total. The first kappa shape index (κ1) is 12.6. The zero-order chi connectivity index (χ0) is 12.8. The summed E-state index contributed by atoms with van der Waals surface area (Å²) >= 11 is 0. The third-order valence-electron chi connectivity index (χ3n) is 2.41. The minimum absolute atomic E-state index is 0.493. The van der Waals surface area contributed by atoms with Gasteiger partial charge in [0.2, 0.25) is 5.89 Å². The molecule has 0 aliphatic rings. The van der Waals surface area contributed by atoms with E-state index < -0.39 is 0 Å². The zero-order valence-electron chi connectivity index (χ0n) is 10.6. The van der Waals surface area contributed by atoms with Gasteiger partial charge in [0.25, 0.3) is 5.89 Å². The molecule has 0 amide bonds. The second-order valence-electron chi connectivity index (χ2n) is 3.71. The molecule has 1 N–H and O–H groups in total. The van der Waals surface area contributed by atoms with Crippen molar-refractivity contribution in [3.63, 3.8) is 0 Å². The molecule has 2 rings (SSSR count). The van der Waals surface area contributed by atoms with Gasteiger partial charge >= 0.3 is 0 Å². The molecular formula is C13H17N3O2. The molecule has 1 heterocycles. The third kappa shape index (κ3) is 2.87. The number of nitrogens with zero attached hydrogens (tertiary/aromatic N) is 2. The van der Waals surface area contributed by atoms with Gasteiger partial charge < -0.3 is 14.5 Å². The average molecular weight is 247 g/mol. The van der Waals surface area contributed by atoms with Crippen molar-refractivity contribution in [1.29, 1.82) is 0 Å². The Bertz CT molecular complexity index is 496. The van der Waals surface area contributed by atoms with Crippen LogP contribution in [0.15, 0.2) is 28.7 Å². The second kappa shape index (κ2) is 6.16. The summed E-state index contributed by atoms with van der Waals surface area (Å²) < 4.78 is 11.1. The highest BCUT2D eigenvalue weighted by Crippen LogP contribution is 2.28. The summed E-state index contributed by atoms with van der Waals surface area (Å²) in [6.07, 6.45) is 0. The smallest absolute Gasteiger partial charge is 0.251 e. The number of aromatic nitrogens is 2. The Hall–Kier alpha value is -1.88. The number of benzene rings is 1. The van der Waals surface area contributed by atoms with Gasteiger partial charge in [-0.2, -0.15) is 0 Å². The number of hydrogen-bond donors (Lipinski definition) is 1.